The molecule has 1 heterocycles. The van der Waals surface area contributed by atoms with Crippen LogP contribution in [0.3, 0.4) is 0 Å². The first-order valence-electron chi connectivity index (χ1n) is 6.94. The number of hydrogen-bond donors (Lipinski definition) is 2. The largest absolute Gasteiger partial charge is 0.349 e. The number of halogens is 1. The van der Waals surface area contributed by atoms with E-state index in [1.54, 1.807) is 24.3 Å². The summed E-state index contributed by atoms with van der Waals surface area (Å²) in [5.41, 5.74) is 0.555. The molecule has 2 N–H and O–H groups in total. The number of nitrogens with one attached hydrogen (secondary N) is 2. The van der Waals surface area contributed by atoms with Gasteiger partial charge in [0.2, 0.25) is 0 Å². The highest BCUT2D eigenvalue weighted by Crippen LogP contribution is 2.41. The molecule has 2 fully saturated rings. The summed E-state index contributed by atoms with van der Waals surface area (Å²) in [6.07, 6.45) is 0. The summed E-state index contributed by atoms with van der Waals surface area (Å²) in [5.74, 6) is 0.765. The predicted molar refractivity (Wildman–Crippen MR) is 75.0 cm³/mol. The van der Waals surface area contributed by atoms with Crippen LogP contribution in [-0.2, 0) is 0 Å². The second-order valence-electron chi connectivity index (χ2n) is 5.63. The molecule has 2 unspecified atom stereocenters. The Morgan fingerprint density at radius 3 is 2.55 bits per heavy atom. The maximum absolute atomic E-state index is 13.8. The number of benzene rings is 2. The highest BCUT2D eigenvalue weighted by molar-refractivity contribution is 6.07. The van der Waals surface area contributed by atoms with E-state index in [9.17, 15) is 9.18 Å². The van der Waals surface area contributed by atoms with Crippen molar-refractivity contribution in [3.63, 3.8) is 0 Å². The SMILES string of the molecule is O=C(NC1C2CNCC21)c1ccc(F)c2ccccc12. The summed E-state index contributed by atoms with van der Waals surface area (Å²) in [7, 11) is 0. The molecule has 0 bridgehead atoms. The van der Waals surface area contributed by atoms with Crippen molar-refractivity contribution >= 4 is 16.7 Å². The zero-order chi connectivity index (χ0) is 13.7. The summed E-state index contributed by atoms with van der Waals surface area (Å²) in [5, 5.41) is 7.56. The molecule has 1 saturated carbocycles. The third kappa shape index (κ3) is 1.72. The van der Waals surface area contributed by atoms with E-state index >= 15 is 0 Å². The van der Waals surface area contributed by atoms with Crippen LogP contribution in [0, 0.1) is 17.7 Å². The van der Waals surface area contributed by atoms with Gasteiger partial charge in [-0.3, -0.25) is 4.79 Å². The zero-order valence-corrected chi connectivity index (χ0v) is 10.9. The molecule has 2 aliphatic rings. The van der Waals surface area contributed by atoms with Crippen LogP contribution in [0.25, 0.3) is 10.8 Å². The van der Waals surface area contributed by atoms with Crippen LogP contribution in [0.1, 0.15) is 10.4 Å². The lowest BCUT2D eigenvalue weighted by Crippen LogP contribution is -2.32. The minimum atomic E-state index is -0.287. The predicted octanol–water partition coefficient (Wildman–Crippen LogP) is 1.93. The Morgan fingerprint density at radius 2 is 1.80 bits per heavy atom. The van der Waals surface area contributed by atoms with Crippen LogP contribution in [0.15, 0.2) is 36.4 Å². The first kappa shape index (κ1) is 11.9. The molecular formula is C16H15FN2O. The van der Waals surface area contributed by atoms with Gasteiger partial charge in [0.15, 0.2) is 0 Å². The van der Waals surface area contributed by atoms with E-state index in [1.165, 1.54) is 6.07 Å². The lowest BCUT2D eigenvalue weighted by molar-refractivity contribution is 0.0948. The first-order chi connectivity index (χ1) is 9.75. The third-order valence-electron chi connectivity index (χ3n) is 4.50. The fourth-order valence-electron chi connectivity index (χ4n) is 3.32. The Kier molecular flexibility index (Phi) is 2.54. The lowest BCUT2D eigenvalue weighted by atomic mass is 10.0. The van der Waals surface area contributed by atoms with Gasteiger partial charge in [-0.15, -0.1) is 0 Å². The van der Waals surface area contributed by atoms with E-state index in [1.807, 2.05) is 6.07 Å². The molecule has 20 heavy (non-hydrogen) atoms. The highest BCUT2D eigenvalue weighted by atomic mass is 19.1. The Bertz CT molecular complexity index is 690. The number of rotatable bonds is 2. The fourth-order valence-corrected chi connectivity index (χ4v) is 3.32. The molecule has 0 aromatic heterocycles. The zero-order valence-electron chi connectivity index (χ0n) is 10.9. The van der Waals surface area contributed by atoms with E-state index in [0.29, 0.717) is 28.2 Å². The van der Waals surface area contributed by atoms with Crippen molar-refractivity contribution < 1.29 is 9.18 Å². The molecule has 2 atom stereocenters. The second kappa shape index (κ2) is 4.28. The van der Waals surface area contributed by atoms with E-state index in [-0.39, 0.29) is 17.8 Å². The summed E-state index contributed by atoms with van der Waals surface area (Å²) in [6, 6.07) is 10.3. The normalized spacial score (nSPS) is 27.4. The van der Waals surface area contributed by atoms with Gasteiger partial charge >= 0.3 is 0 Å². The smallest absolute Gasteiger partial charge is 0.252 e. The van der Waals surface area contributed by atoms with Crippen molar-refractivity contribution in [3.05, 3.63) is 47.8 Å². The molecule has 4 heteroatoms. The fraction of sp³-hybridized carbons (Fsp3) is 0.312. The van der Waals surface area contributed by atoms with Gasteiger partial charge in [0, 0.05) is 30.1 Å². The van der Waals surface area contributed by atoms with Crippen molar-refractivity contribution in [2.24, 2.45) is 11.8 Å². The Hall–Kier alpha value is -1.94. The van der Waals surface area contributed by atoms with E-state index < -0.39 is 0 Å². The number of carbonyl (C=O) groups excluding carboxylic acids is 1. The molecule has 0 radical (unpaired) electrons. The van der Waals surface area contributed by atoms with Gasteiger partial charge in [0.25, 0.3) is 5.91 Å². The standard InChI is InChI=1S/C16H15FN2O/c17-14-6-5-11(9-3-1-2-4-10(9)14)16(20)19-15-12-7-18-8-13(12)15/h1-6,12-13,15,18H,7-8H2,(H,19,20). The van der Waals surface area contributed by atoms with Crippen LogP contribution in [0.5, 0.6) is 0 Å². The third-order valence-corrected chi connectivity index (χ3v) is 4.50. The van der Waals surface area contributed by atoms with Gasteiger partial charge in [-0.1, -0.05) is 24.3 Å². The quantitative estimate of drug-likeness (QED) is 0.875. The number of carbonyl (C=O) groups is 1. The summed E-state index contributed by atoms with van der Waals surface area (Å²) >= 11 is 0. The van der Waals surface area contributed by atoms with Gasteiger partial charge in [-0.2, -0.15) is 0 Å². The monoisotopic (exact) mass is 270 g/mol. The molecule has 2 aromatic rings. The van der Waals surface area contributed by atoms with Gasteiger partial charge in [-0.25, -0.2) is 4.39 Å². The molecule has 102 valence electrons. The van der Waals surface area contributed by atoms with E-state index in [0.717, 1.165) is 13.1 Å². The summed E-state index contributed by atoms with van der Waals surface area (Å²) in [6.45, 7) is 1.97. The van der Waals surface area contributed by atoms with Crippen molar-refractivity contribution in [1.82, 2.24) is 10.6 Å². The Balaban J connectivity index is 1.65. The van der Waals surface area contributed by atoms with Crippen LogP contribution in [0.2, 0.25) is 0 Å². The minimum Gasteiger partial charge on any atom is -0.349 e. The minimum absolute atomic E-state index is 0.0967. The summed E-state index contributed by atoms with van der Waals surface area (Å²) in [4.78, 5) is 12.4. The van der Waals surface area contributed by atoms with Gasteiger partial charge < -0.3 is 10.6 Å². The van der Waals surface area contributed by atoms with Gasteiger partial charge in [0.1, 0.15) is 5.82 Å². The van der Waals surface area contributed by atoms with Crippen molar-refractivity contribution in [2.45, 2.75) is 6.04 Å². The highest BCUT2D eigenvalue weighted by Gasteiger charge is 2.53. The number of piperidine rings is 1. The summed E-state index contributed by atoms with van der Waals surface area (Å²) < 4.78 is 13.8. The molecule has 0 spiro atoms. The van der Waals surface area contributed by atoms with Crippen LogP contribution in [-0.4, -0.2) is 25.0 Å². The Labute approximate surface area is 116 Å². The first-order valence-corrected chi connectivity index (χ1v) is 6.94. The molecule has 2 aromatic carbocycles. The topological polar surface area (TPSA) is 41.1 Å². The van der Waals surface area contributed by atoms with Gasteiger partial charge in [0.05, 0.1) is 0 Å². The van der Waals surface area contributed by atoms with E-state index in [4.69, 9.17) is 0 Å². The Morgan fingerprint density at radius 1 is 1.10 bits per heavy atom. The molecule has 1 aliphatic carbocycles. The number of fused-ring (bicyclic) bond motifs is 2. The molecule has 1 aliphatic heterocycles. The molecule has 1 amide bonds. The van der Waals surface area contributed by atoms with Crippen molar-refractivity contribution in [1.29, 1.82) is 0 Å². The molecular weight excluding hydrogens is 255 g/mol. The van der Waals surface area contributed by atoms with Crippen molar-refractivity contribution in [2.75, 3.05) is 13.1 Å². The molecule has 3 nitrogen and oxygen atoms in total. The van der Waals surface area contributed by atoms with E-state index in [2.05, 4.69) is 10.6 Å². The average Bonchev–Trinajstić information content (AvgIpc) is 2.89. The maximum Gasteiger partial charge on any atom is 0.252 e. The van der Waals surface area contributed by atoms with Crippen LogP contribution < -0.4 is 10.6 Å². The van der Waals surface area contributed by atoms with Crippen molar-refractivity contribution in [3.8, 4) is 0 Å². The second-order valence-corrected chi connectivity index (χ2v) is 5.63. The maximum atomic E-state index is 13.8. The molecule has 4 rings (SSSR count). The molecule has 1 saturated heterocycles. The van der Waals surface area contributed by atoms with Crippen LogP contribution >= 0.6 is 0 Å². The van der Waals surface area contributed by atoms with Crippen LogP contribution in [0.4, 0.5) is 4.39 Å². The average molecular weight is 270 g/mol. The number of hydrogen-bond acceptors (Lipinski definition) is 2. The van der Waals surface area contributed by atoms with Gasteiger partial charge in [-0.05, 0) is 29.4 Å². The lowest BCUT2D eigenvalue weighted by Gasteiger charge is -2.10. The number of amides is 1.